The highest BCUT2D eigenvalue weighted by Crippen LogP contribution is 2.39. The third-order valence-electron chi connectivity index (χ3n) is 11.3. The van der Waals surface area contributed by atoms with E-state index in [1.165, 1.54) is 13.2 Å². The van der Waals surface area contributed by atoms with Gasteiger partial charge >= 0.3 is 0 Å². The van der Waals surface area contributed by atoms with Crippen LogP contribution in [0.4, 0.5) is 11.4 Å². The Morgan fingerprint density at radius 1 is 0.836 bits per heavy atom. The van der Waals surface area contributed by atoms with Crippen molar-refractivity contribution in [3.05, 3.63) is 82.4 Å². The predicted octanol–water partition coefficient (Wildman–Crippen LogP) is 6.19. The molecule has 1 saturated heterocycles. The molecule has 0 radical (unpaired) electrons. The fourth-order valence-corrected chi connectivity index (χ4v) is 9.23. The average molecular weight is 858 g/mol. The molecular weight excluding hydrogens is 803 g/mol. The van der Waals surface area contributed by atoms with Crippen LogP contribution in [-0.4, -0.2) is 92.0 Å². The van der Waals surface area contributed by atoms with Crippen molar-refractivity contribution >= 4 is 56.7 Å². The minimum Gasteiger partial charge on any atom is -0.493 e. The fourth-order valence-electron chi connectivity index (χ4n) is 8.31. The van der Waals surface area contributed by atoms with Crippen molar-refractivity contribution in [2.45, 2.75) is 103 Å². The Morgan fingerprint density at radius 2 is 1.52 bits per heavy atom. The quantitative estimate of drug-likeness (QED) is 0.0770. The molecule has 0 saturated carbocycles. The number of methoxy groups -OCH3 is 1. The molecule has 15 nitrogen and oxygen atoms in total. The maximum atomic E-state index is 14.0. The van der Waals surface area contributed by atoms with E-state index in [9.17, 15) is 37.2 Å². The summed E-state index contributed by atoms with van der Waals surface area (Å²) in [6, 6.07) is 13.4. The van der Waals surface area contributed by atoms with E-state index in [1.54, 1.807) is 42.2 Å². The number of ether oxygens (including phenoxy) is 2. The summed E-state index contributed by atoms with van der Waals surface area (Å²) in [4.78, 5) is 80.5. The Labute approximate surface area is 356 Å². The number of imide groups is 2. The van der Waals surface area contributed by atoms with Crippen molar-refractivity contribution in [1.82, 2.24) is 15.1 Å². The van der Waals surface area contributed by atoms with Crippen LogP contribution in [-0.2, 0) is 30.8 Å². The SMILES string of the molecule is CCOc1cc([C@@H](CS(C)(=O)=O)N2C(=O)c3cccc(NC(=O)CCCCCCCCCCCNc4cccc5c4C(=O)N(C4CCC(=O)NC4=O)C5)c3C2=O)ccc1OC. The second kappa shape index (κ2) is 20.2. The molecule has 3 aliphatic rings. The van der Waals surface area contributed by atoms with E-state index in [-0.39, 0.29) is 47.4 Å². The lowest BCUT2D eigenvalue weighted by atomic mass is 10.0. The number of benzene rings is 3. The van der Waals surface area contributed by atoms with Crippen molar-refractivity contribution in [2.75, 3.05) is 42.9 Å². The Bertz CT molecular complexity index is 2280. The van der Waals surface area contributed by atoms with Crippen molar-refractivity contribution in [1.29, 1.82) is 0 Å². The Hall–Kier alpha value is -5.77. The van der Waals surface area contributed by atoms with Gasteiger partial charge in [0.05, 0.1) is 47.9 Å². The first-order valence-electron chi connectivity index (χ1n) is 21.1. The van der Waals surface area contributed by atoms with Crippen molar-refractivity contribution in [2.24, 2.45) is 0 Å². The smallest absolute Gasteiger partial charge is 0.264 e. The van der Waals surface area contributed by atoms with Gasteiger partial charge < -0.3 is 25.0 Å². The monoisotopic (exact) mass is 857 g/mol. The minimum absolute atomic E-state index is 0.0331. The van der Waals surface area contributed by atoms with E-state index >= 15 is 0 Å². The van der Waals surface area contributed by atoms with Gasteiger partial charge in [0, 0.05) is 37.9 Å². The number of hydrogen-bond donors (Lipinski definition) is 3. The second-order valence-corrected chi connectivity index (χ2v) is 18.0. The lowest BCUT2D eigenvalue weighted by Crippen LogP contribution is -2.52. The van der Waals surface area contributed by atoms with Gasteiger partial charge in [-0.15, -0.1) is 0 Å². The van der Waals surface area contributed by atoms with Gasteiger partial charge in [-0.2, -0.15) is 0 Å². The maximum Gasteiger partial charge on any atom is 0.264 e. The van der Waals surface area contributed by atoms with E-state index in [4.69, 9.17) is 9.47 Å². The molecule has 61 heavy (non-hydrogen) atoms. The highest BCUT2D eigenvalue weighted by atomic mass is 32.2. The Kier molecular flexibility index (Phi) is 14.8. The Morgan fingerprint density at radius 3 is 2.21 bits per heavy atom. The molecule has 3 N–H and O–H groups in total. The largest absolute Gasteiger partial charge is 0.493 e. The molecule has 1 unspecified atom stereocenters. The van der Waals surface area contributed by atoms with Gasteiger partial charge in [0.25, 0.3) is 17.7 Å². The second-order valence-electron chi connectivity index (χ2n) is 15.8. The van der Waals surface area contributed by atoms with Crippen LogP contribution in [0.3, 0.4) is 0 Å². The highest BCUT2D eigenvalue weighted by Gasteiger charge is 2.44. The number of carbonyl (C=O) groups is 6. The van der Waals surface area contributed by atoms with Gasteiger partial charge in [-0.25, -0.2) is 8.42 Å². The summed E-state index contributed by atoms with van der Waals surface area (Å²) in [5, 5.41) is 8.58. The van der Waals surface area contributed by atoms with Gasteiger partial charge in [0.1, 0.15) is 15.9 Å². The fraction of sp³-hybridized carbons (Fsp3) is 0.467. The number of nitrogens with one attached hydrogen (secondary N) is 3. The predicted molar refractivity (Wildman–Crippen MR) is 229 cm³/mol. The van der Waals surface area contributed by atoms with Crippen LogP contribution in [0.15, 0.2) is 54.6 Å². The van der Waals surface area contributed by atoms with Gasteiger partial charge in [0.15, 0.2) is 11.5 Å². The van der Waals surface area contributed by atoms with E-state index in [0.29, 0.717) is 48.6 Å². The summed E-state index contributed by atoms with van der Waals surface area (Å²) in [5.74, 6) is -2.26. The summed E-state index contributed by atoms with van der Waals surface area (Å²) < 4.78 is 36.2. The number of unbranched alkanes of at least 4 members (excludes halogenated alkanes) is 8. The van der Waals surface area contributed by atoms with Gasteiger partial charge in [-0.3, -0.25) is 39.0 Å². The maximum absolute atomic E-state index is 14.0. The molecule has 6 amide bonds. The van der Waals surface area contributed by atoms with E-state index < -0.39 is 45.4 Å². The number of amides is 6. The number of rotatable bonds is 22. The highest BCUT2D eigenvalue weighted by molar-refractivity contribution is 7.90. The number of anilines is 2. The van der Waals surface area contributed by atoms with Crippen LogP contribution >= 0.6 is 0 Å². The molecule has 0 aliphatic carbocycles. The van der Waals surface area contributed by atoms with E-state index in [0.717, 1.165) is 80.3 Å². The Balaban J connectivity index is 0.898. The molecule has 16 heteroatoms. The van der Waals surface area contributed by atoms with Crippen LogP contribution in [0, 0.1) is 0 Å². The molecule has 0 bridgehead atoms. The summed E-state index contributed by atoms with van der Waals surface area (Å²) >= 11 is 0. The molecule has 3 heterocycles. The first-order valence-corrected chi connectivity index (χ1v) is 23.2. The normalized spacial score (nSPS) is 16.6. The summed E-state index contributed by atoms with van der Waals surface area (Å²) in [6.45, 7) is 3.18. The number of sulfone groups is 1. The van der Waals surface area contributed by atoms with Crippen LogP contribution in [0.1, 0.15) is 132 Å². The minimum atomic E-state index is -3.67. The van der Waals surface area contributed by atoms with Crippen LogP contribution in [0.2, 0.25) is 0 Å². The zero-order valence-electron chi connectivity index (χ0n) is 35.0. The van der Waals surface area contributed by atoms with Crippen LogP contribution < -0.4 is 25.4 Å². The van der Waals surface area contributed by atoms with Gasteiger partial charge in [0.2, 0.25) is 17.7 Å². The molecule has 3 aromatic carbocycles. The third kappa shape index (κ3) is 10.8. The standard InChI is InChI=1S/C45H55N5O10S/c1-4-60-37-26-29(21-23-36(37)59-2)35(28-61(3,57)58)50-43(54)31-17-15-19-33(41(31)45(50)56)47-38(51)20-12-10-8-6-5-7-9-11-13-25-46-32-18-14-16-30-27-49(44(55)40(30)32)34-22-24-39(52)48-42(34)53/h14-19,21,23,26,34-35,46H,4-13,20,22,24-25,27-28H2,1-3H3,(H,47,51)(H,48,52,53)/t34?,35-/m1/s1. The van der Waals surface area contributed by atoms with Gasteiger partial charge in [-0.05, 0) is 67.6 Å². The van der Waals surface area contributed by atoms with Crippen molar-refractivity contribution in [3.8, 4) is 11.5 Å². The topological polar surface area (TPSA) is 198 Å². The van der Waals surface area contributed by atoms with Gasteiger partial charge in [-0.1, -0.05) is 69.2 Å². The number of piperidine rings is 1. The lowest BCUT2D eigenvalue weighted by Gasteiger charge is -2.29. The summed E-state index contributed by atoms with van der Waals surface area (Å²) in [5.41, 5.74) is 2.97. The number of nitrogens with zero attached hydrogens (tertiary/aromatic N) is 2. The molecule has 3 aliphatic heterocycles. The zero-order chi connectivity index (χ0) is 43.7. The van der Waals surface area contributed by atoms with Crippen molar-refractivity contribution < 1.29 is 46.7 Å². The zero-order valence-corrected chi connectivity index (χ0v) is 35.9. The molecule has 0 spiro atoms. The molecular formula is C45H55N5O10S. The van der Waals surface area contributed by atoms with Crippen LogP contribution in [0.25, 0.3) is 0 Å². The molecule has 2 atom stereocenters. The third-order valence-corrected chi connectivity index (χ3v) is 12.2. The van der Waals surface area contributed by atoms with E-state index in [1.807, 2.05) is 18.2 Å². The average Bonchev–Trinajstić information content (AvgIpc) is 3.69. The summed E-state index contributed by atoms with van der Waals surface area (Å²) in [6.07, 6.45) is 10.7. The number of fused-ring (bicyclic) bond motifs is 2. The van der Waals surface area contributed by atoms with Crippen LogP contribution in [0.5, 0.6) is 11.5 Å². The summed E-state index contributed by atoms with van der Waals surface area (Å²) in [7, 11) is -2.19. The first kappa shape index (κ1) is 44.8. The molecule has 6 rings (SSSR count). The molecule has 1 fully saturated rings. The number of carbonyl (C=O) groups excluding carboxylic acids is 6. The van der Waals surface area contributed by atoms with Crippen molar-refractivity contribution in [3.63, 3.8) is 0 Å². The molecule has 326 valence electrons. The molecule has 3 aromatic rings. The number of hydrogen-bond acceptors (Lipinski definition) is 11. The first-order chi connectivity index (χ1) is 29.3. The molecule has 0 aromatic heterocycles. The van der Waals surface area contributed by atoms with E-state index in [2.05, 4.69) is 16.0 Å². The lowest BCUT2D eigenvalue weighted by molar-refractivity contribution is -0.137.